The minimum absolute atomic E-state index is 0.148. The van der Waals surface area contributed by atoms with Crippen LogP contribution in [0.2, 0.25) is 0 Å². The summed E-state index contributed by atoms with van der Waals surface area (Å²) in [7, 11) is 0. The van der Waals surface area contributed by atoms with Crippen LogP contribution in [0.3, 0.4) is 0 Å². The number of nitrogens with one attached hydrogen (secondary N) is 1. The van der Waals surface area contributed by atoms with Crippen LogP contribution in [0, 0.1) is 23.2 Å². The molecule has 0 aliphatic heterocycles. The van der Waals surface area contributed by atoms with Gasteiger partial charge in [0.2, 0.25) is 0 Å². The zero-order chi connectivity index (χ0) is 14.4. The Balaban J connectivity index is 1.75. The highest BCUT2D eigenvalue weighted by Crippen LogP contribution is 2.28. The van der Waals surface area contributed by atoms with E-state index in [0.29, 0.717) is 12.5 Å². The van der Waals surface area contributed by atoms with Crippen molar-refractivity contribution < 1.29 is 9.90 Å². The quantitative estimate of drug-likeness (QED) is 0.864. The highest BCUT2D eigenvalue weighted by Gasteiger charge is 2.25. The summed E-state index contributed by atoms with van der Waals surface area (Å²) < 4.78 is 0. The van der Waals surface area contributed by atoms with E-state index in [9.17, 15) is 4.79 Å². The monoisotopic (exact) mass is 272 g/mol. The molecule has 1 aromatic carbocycles. The Bertz CT molecular complexity index is 499. The second-order valence-electron chi connectivity index (χ2n) is 5.46. The summed E-state index contributed by atoms with van der Waals surface area (Å²) in [6.45, 7) is 1.59. The summed E-state index contributed by atoms with van der Waals surface area (Å²) in [4.78, 5) is 10.9. The Morgan fingerprint density at radius 3 is 2.65 bits per heavy atom. The molecule has 0 bridgehead atoms. The topological polar surface area (TPSA) is 73.1 Å². The maximum atomic E-state index is 10.9. The van der Waals surface area contributed by atoms with Gasteiger partial charge in [-0.3, -0.25) is 4.79 Å². The van der Waals surface area contributed by atoms with Crippen LogP contribution in [0.5, 0.6) is 0 Å². The third kappa shape index (κ3) is 3.82. The van der Waals surface area contributed by atoms with Crippen LogP contribution < -0.4 is 5.32 Å². The van der Waals surface area contributed by atoms with E-state index >= 15 is 0 Å². The van der Waals surface area contributed by atoms with Crippen LogP contribution in [0.25, 0.3) is 0 Å². The smallest absolute Gasteiger partial charge is 0.306 e. The van der Waals surface area contributed by atoms with Gasteiger partial charge in [-0.2, -0.15) is 5.26 Å². The molecule has 0 saturated heterocycles. The third-order valence-corrected chi connectivity index (χ3v) is 4.08. The zero-order valence-corrected chi connectivity index (χ0v) is 11.5. The predicted octanol–water partition coefficient (Wildman–Crippen LogP) is 2.54. The normalized spacial score (nSPS) is 22.1. The van der Waals surface area contributed by atoms with Crippen molar-refractivity contribution in [2.24, 2.45) is 11.8 Å². The fourth-order valence-corrected chi connectivity index (χ4v) is 2.81. The van der Waals surface area contributed by atoms with Crippen molar-refractivity contribution in [2.45, 2.75) is 32.2 Å². The van der Waals surface area contributed by atoms with Gasteiger partial charge < -0.3 is 10.4 Å². The van der Waals surface area contributed by atoms with E-state index in [1.165, 1.54) is 0 Å². The number of benzene rings is 1. The fraction of sp³-hybridized carbons (Fsp3) is 0.500. The van der Waals surface area contributed by atoms with Crippen molar-refractivity contribution >= 4 is 5.97 Å². The minimum Gasteiger partial charge on any atom is -0.481 e. The summed E-state index contributed by atoms with van der Waals surface area (Å²) >= 11 is 0. The third-order valence-electron chi connectivity index (χ3n) is 4.08. The molecule has 106 valence electrons. The molecule has 1 fully saturated rings. The van der Waals surface area contributed by atoms with Crippen molar-refractivity contribution in [2.75, 3.05) is 6.54 Å². The average molecular weight is 272 g/mol. The lowest BCUT2D eigenvalue weighted by molar-refractivity contribution is -0.143. The number of aliphatic carboxylic acids is 1. The second kappa shape index (κ2) is 7.06. The van der Waals surface area contributed by atoms with Crippen LogP contribution in [-0.2, 0) is 11.3 Å². The molecule has 2 rings (SSSR count). The molecule has 20 heavy (non-hydrogen) atoms. The Morgan fingerprint density at radius 2 is 2.00 bits per heavy atom. The van der Waals surface area contributed by atoms with Gasteiger partial charge in [-0.15, -0.1) is 0 Å². The lowest BCUT2D eigenvalue weighted by atomic mass is 9.82. The number of rotatable bonds is 5. The highest BCUT2D eigenvalue weighted by molar-refractivity contribution is 5.69. The number of carboxylic acid groups (broad SMARTS) is 1. The SMILES string of the molecule is N#Cc1ccccc1CNCC1CCC(C(=O)O)CC1. The maximum Gasteiger partial charge on any atom is 0.306 e. The van der Waals surface area contributed by atoms with Gasteiger partial charge in [-0.1, -0.05) is 18.2 Å². The largest absolute Gasteiger partial charge is 0.481 e. The number of hydrogen-bond donors (Lipinski definition) is 2. The molecule has 0 unspecified atom stereocenters. The van der Waals surface area contributed by atoms with Crippen molar-refractivity contribution in [3.05, 3.63) is 35.4 Å². The van der Waals surface area contributed by atoms with E-state index in [1.807, 2.05) is 24.3 Å². The molecule has 0 atom stereocenters. The van der Waals surface area contributed by atoms with Gasteiger partial charge in [0.15, 0.2) is 0 Å². The Labute approximate surface area is 119 Å². The fourth-order valence-electron chi connectivity index (χ4n) is 2.81. The van der Waals surface area contributed by atoms with Gasteiger partial charge >= 0.3 is 5.97 Å². The highest BCUT2D eigenvalue weighted by atomic mass is 16.4. The van der Waals surface area contributed by atoms with Crippen molar-refractivity contribution in [1.29, 1.82) is 5.26 Å². The molecule has 1 aliphatic rings. The molecule has 0 aromatic heterocycles. The summed E-state index contributed by atoms with van der Waals surface area (Å²) in [5, 5.41) is 21.4. The number of carbonyl (C=O) groups is 1. The number of carboxylic acids is 1. The Morgan fingerprint density at radius 1 is 1.30 bits per heavy atom. The van der Waals surface area contributed by atoms with Gasteiger partial charge in [0.05, 0.1) is 17.6 Å². The molecule has 0 amide bonds. The first kappa shape index (κ1) is 14.5. The van der Waals surface area contributed by atoms with E-state index < -0.39 is 5.97 Å². The van der Waals surface area contributed by atoms with Crippen LogP contribution in [-0.4, -0.2) is 17.6 Å². The van der Waals surface area contributed by atoms with Crippen molar-refractivity contribution in [1.82, 2.24) is 5.32 Å². The molecule has 4 heteroatoms. The van der Waals surface area contributed by atoms with Crippen molar-refractivity contribution in [3.63, 3.8) is 0 Å². The first-order valence-electron chi connectivity index (χ1n) is 7.12. The molecular weight excluding hydrogens is 252 g/mol. The summed E-state index contributed by atoms with van der Waals surface area (Å²) in [6.07, 6.45) is 3.53. The lowest BCUT2D eigenvalue weighted by Crippen LogP contribution is -2.28. The Kier molecular flexibility index (Phi) is 5.14. The maximum absolute atomic E-state index is 10.9. The van der Waals surface area contributed by atoms with E-state index in [0.717, 1.165) is 43.4 Å². The van der Waals surface area contributed by atoms with Gasteiger partial charge in [-0.05, 0) is 49.8 Å². The average Bonchev–Trinajstić information content (AvgIpc) is 2.48. The van der Waals surface area contributed by atoms with E-state index in [1.54, 1.807) is 0 Å². The molecule has 1 aromatic rings. The summed E-state index contributed by atoms with van der Waals surface area (Å²) in [6, 6.07) is 9.80. The van der Waals surface area contributed by atoms with Crippen LogP contribution in [0.15, 0.2) is 24.3 Å². The molecule has 0 radical (unpaired) electrons. The molecular formula is C16H20N2O2. The van der Waals surface area contributed by atoms with Crippen LogP contribution in [0.1, 0.15) is 36.8 Å². The molecule has 1 saturated carbocycles. The van der Waals surface area contributed by atoms with E-state index in [-0.39, 0.29) is 5.92 Å². The molecule has 2 N–H and O–H groups in total. The molecule has 0 heterocycles. The summed E-state index contributed by atoms with van der Waals surface area (Å²) in [5.41, 5.74) is 1.74. The number of nitrogens with zero attached hydrogens (tertiary/aromatic N) is 1. The van der Waals surface area contributed by atoms with Crippen LogP contribution >= 0.6 is 0 Å². The van der Waals surface area contributed by atoms with Gasteiger partial charge in [0, 0.05) is 6.54 Å². The molecule has 1 aliphatic carbocycles. The first-order chi connectivity index (χ1) is 9.70. The lowest BCUT2D eigenvalue weighted by Gasteiger charge is -2.26. The second-order valence-corrected chi connectivity index (χ2v) is 5.46. The standard InChI is InChI=1S/C16H20N2O2/c17-9-14-3-1-2-4-15(14)11-18-10-12-5-7-13(8-6-12)16(19)20/h1-4,12-13,18H,5-8,10-11H2,(H,19,20). The molecule has 0 spiro atoms. The molecule has 4 nitrogen and oxygen atoms in total. The summed E-state index contributed by atoms with van der Waals surface area (Å²) in [5.74, 6) is -0.246. The van der Waals surface area contributed by atoms with E-state index in [2.05, 4.69) is 11.4 Å². The Hall–Kier alpha value is -1.86. The zero-order valence-electron chi connectivity index (χ0n) is 11.5. The van der Waals surface area contributed by atoms with Gasteiger partial charge in [0.25, 0.3) is 0 Å². The van der Waals surface area contributed by atoms with Gasteiger partial charge in [-0.25, -0.2) is 0 Å². The minimum atomic E-state index is -0.653. The number of hydrogen-bond acceptors (Lipinski definition) is 3. The van der Waals surface area contributed by atoms with Gasteiger partial charge in [0.1, 0.15) is 0 Å². The number of nitriles is 1. The van der Waals surface area contributed by atoms with Crippen LogP contribution in [0.4, 0.5) is 0 Å². The first-order valence-corrected chi connectivity index (χ1v) is 7.12. The predicted molar refractivity (Wildman–Crippen MR) is 75.9 cm³/mol. The van der Waals surface area contributed by atoms with Crippen molar-refractivity contribution in [3.8, 4) is 6.07 Å². The van der Waals surface area contributed by atoms with E-state index in [4.69, 9.17) is 10.4 Å².